The van der Waals surface area contributed by atoms with Crippen molar-refractivity contribution in [2.24, 2.45) is 10.8 Å². The number of benzene rings is 2. The molecular formula is C35H40ClN6O8P. The van der Waals surface area contributed by atoms with Gasteiger partial charge in [-0.05, 0) is 68.8 Å². The number of H-pyrrole nitrogens is 2. The molecule has 4 heterocycles. The second kappa shape index (κ2) is 11.7. The van der Waals surface area contributed by atoms with Gasteiger partial charge in [0, 0.05) is 80.3 Å². The van der Waals surface area contributed by atoms with E-state index in [0.29, 0.717) is 74.3 Å². The molecule has 5 N–H and O–H groups in total. The summed E-state index contributed by atoms with van der Waals surface area (Å²) < 4.78 is 22.8. The molecule has 0 saturated heterocycles. The molecule has 270 valence electrons. The number of carbonyl (C=O) groups excluding carboxylic acids is 3. The summed E-state index contributed by atoms with van der Waals surface area (Å²) in [5.74, 6) is 0.208. The minimum Gasteiger partial charge on any atom is -0.408 e. The lowest BCUT2D eigenvalue weighted by molar-refractivity contribution is -0.204. The van der Waals surface area contributed by atoms with E-state index in [1.165, 1.54) is 11.0 Å². The Morgan fingerprint density at radius 1 is 1.00 bits per heavy atom. The molecule has 0 spiro atoms. The van der Waals surface area contributed by atoms with E-state index in [1.54, 1.807) is 29.1 Å². The van der Waals surface area contributed by atoms with E-state index in [2.05, 4.69) is 15.3 Å². The first-order valence-electron chi connectivity index (χ1n) is 17.0. The fraction of sp³-hybridized carbons (Fsp3) is 0.457. The minimum atomic E-state index is -4.90. The van der Waals surface area contributed by atoms with E-state index in [0.717, 1.165) is 38.7 Å². The number of phosphoric ester groups is 1. The number of amides is 3. The average molecular weight is 739 g/mol. The van der Waals surface area contributed by atoms with Crippen LogP contribution in [0.3, 0.4) is 0 Å². The lowest BCUT2D eigenvalue weighted by Crippen LogP contribution is -2.72. The molecule has 3 fully saturated rings. The van der Waals surface area contributed by atoms with Crippen LogP contribution in [0.25, 0.3) is 21.8 Å². The van der Waals surface area contributed by atoms with Gasteiger partial charge in [-0.2, -0.15) is 0 Å². The standard InChI is InChI=1S/C35H40ClN6O8P/c1-18-12-38-29-24(49-33(45)40(4)8-6-37-3)9-22-21(26(18)29)5-7-41(22)31(43)34-15-35(16-34,17-34)32(44)42-14-20(11-36)28-23(42)10-25(50-51(46,47)48)30-27(28)19(2)13-39-30/h9-10,12-13,20,37-39H,5-8,11,14-17H2,1-4H3,(H2,46,47,48)/t20-,34?,35?/m1/s1. The monoisotopic (exact) mass is 738 g/mol. The SMILES string of the molecule is CNCCN(C)C(=O)Oc1cc2c(c3c(C)c[nH]c13)CCN2C(=O)C12CC(C(=O)N3C[C@@H](CCl)c4c3cc(OP(=O)(O)O)c3[nH]cc(C)c43)(C1)C2. The zero-order valence-corrected chi connectivity index (χ0v) is 30.4. The van der Waals surface area contributed by atoms with Crippen LogP contribution in [0.2, 0.25) is 0 Å². The fourth-order valence-electron chi connectivity index (χ4n) is 9.03. The Labute approximate surface area is 298 Å². The van der Waals surface area contributed by atoms with Gasteiger partial charge in [-0.25, -0.2) is 9.36 Å². The highest BCUT2D eigenvalue weighted by atomic mass is 35.5. The zero-order chi connectivity index (χ0) is 36.2. The molecule has 14 nitrogen and oxygen atoms in total. The van der Waals surface area contributed by atoms with Gasteiger partial charge in [0.05, 0.1) is 33.2 Å². The van der Waals surface area contributed by atoms with Crippen LogP contribution in [-0.4, -0.2) is 88.7 Å². The number of halogens is 1. The molecule has 16 heteroatoms. The largest absolute Gasteiger partial charge is 0.524 e. The molecule has 2 aromatic carbocycles. The summed E-state index contributed by atoms with van der Waals surface area (Å²) in [5.41, 5.74) is 4.71. The van der Waals surface area contributed by atoms with Crippen molar-refractivity contribution < 1.29 is 38.0 Å². The van der Waals surface area contributed by atoms with Crippen molar-refractivity contribution in [2.45, 2.75) is 45.4 Å². The van der Waals surface area contributed by atoms with Crippen molar-refractivity contribution in [3.8, 4) is 11.5 Å². The van der Waals surface area contributed by atoms with Gasteiger partial charge in [0.25, 0.3) is 0 Å². The summed E-state index contributed by atoms with van der Waals surface area (Å²) in [6, 6.07) is 3.29. The summed E-state index contributed by atoms with van der Waals surface area (Å²) in [7, 11) is -1.41. The van der Waals surface area contributed by atoms with E-state index in [1.807, 2.05) is 27.1 Å². The number of phosphoric acid groups is 1. The number of aromatic amines is 2. The van der Waals surface area contributed by atoms with Gasteiger partial charge in [0.1, 0.15) is 0 Å². The van der Waals surface area contributed by atoms with Gasteiger partial charge in [0.15, 0.2) is 11.5 Å². The number of hydrogen-bond donors (Lipinski definition) is 5. The molecule has 9 rings (SSSR count). The third-order valence-corrected chi connectivity index (χ3v) is 12.2. The van der Waals surface area contributed by atoms with Gasteiger partial charge in [-0.1, -0.05) is 0 Å². The average Bonchev–Trinajstić information content (AvgIpc) is 3.82. The van der Waals surface area contributed by atoms with E-state index in [4.69, 9.17) is 20.9 Å². The molecular weight excluding hydrogens is 699 g/mol. The van der Waals surface area contributed by atoms with Crippen LogP contribution in [-0.2, 0) is 20.6 Å². The number of carbonyl (C=O) groups is 3. The topological polar surface area (TPSA) is 181 Å². The molecule has 5 aliphatic rings. The molecule has 1 atom stereocenters. The lowest BCUT2D eigenvalue weighted by Gasteiger charge is -2.69. The second-order valence-electron chi connectivity index (χ2n) is 14.7. The van der Waals surface area contributed by atoms with E-state index in [-0.39, 0.29) is 29.4 Å². The summed E-state index contributed by atoms with van der Waals surface area (Å²) in [5, 5.41) is 4.70. The number of likely N-dealkylation sites (N-methyl/N-ethyl adjacent to an activating group) is 2. The van der Waals surface area contributed by atoms with Crippen molar-refractivity contribution in [1.29, 1.82) is 0 Å². The normalized spacial score (nSPS) is 23.2. The van der Waals surface area contributed by atoms with Crippen LogP contribution in [0.4, 0.5) is 16.2 Å². The fourth-order valence-corrected chi connectivity index (χ4v) is 9.69. The van der Waals surface area contributed by atoms with Crippen molar-refractivity contribution in [2.75, 3.05) is 56.0 Å². The molecule has 0 radical (unpaired) electrons. The predicted octanol–water partition coefficient (Wildman–Crippen LogP) is 4.82. The summed E-state index contributed by atoms with van der Waals surface area (Å²) >= 11 is 6.45. The maximum atomic E-state index is 14.4. The molecule has 2 bridgehead atoms. The Balaban J connectivity index is 1.05. The smallest absolute Gasteiger partial charge is 0.408 e. The summed E-state index contributed by atoms with van der Waals surface area (Å²) in [6.07, 6.45) is 4.98. The highest BCUT2D eigenvalue weighted by Gasteiger charge is 2.76. The predicted molar refractivity (Wildman–Crippen MR) is 192 cm³/mol. The second-order valence-corrected chi connectivity index (χ2v) is 16.1. The minimum absolute atomic E-state index is 0.0330. The van der Waals surface area contributed by atoms with E-state index < -0.39 is 24.7 Å². The first-order chi connectivity index (χ1) is 24.2. The number of nitrogens with one attached hydrogen (secondary N) is 3. The van der Waals surface area contributed by atoms with Crippen molar-refractivity contribution in [3.63, 3.8) is 0 Å². The molecule has 3 aliphatic carbocycles. The number of anilines is 2. The number of hydrogen-bond acceptors (Lipinski definition) is 7. The van der Waals surface area contributed by atoms with Crippen LogP contribution >= 0.6 is 19.4 Å². The number of fused-ring (bicyclic) bond motifs is 6. The Bertz CT molecular complexity index is 2190. The molecule has 2 aliphatic heterocycles. The Kier molecular flexibility index (Phi) is 7.83. The summed E-state index contributed by atoms with van der Waals surface area (Å²) in [6.45, 7) is 5.75. The number of aryl methyl sites for hydroxylation is 2. The van der Waals surface area contributed by atoms with Crippen LogP contribution in [0, 0.1) is 24.7 Å². The lowest BCUT2D eigenvalue weighted by atomic mass is 9.34. The van der Waals surface area contributed by atoms with Crippen molar-refractivity contribution >= 4 is 70.5 Å². The first-order valence-corrected chi connectivity index (χ1v) is 19.1. The Morgan fingerprint density at radius 3 is 2.24 bits per heavy atom. The van der Waals surface area contributed by atoms with Gasteiger partial charge in [0.2, 0.25) is 11.8 Å². The van der Waals surface area contributed by atoms with Crippen molar-refractivity contribution in [3.05, 3.63) is 46.8 Å². The van der Waals surface area contributed by atoms with Gasteiger partial charge in [-0.3, -0.25) is 19.4 Å². The number of aromatic nitrogens is 2. The van der Waals surface area contributed by atoms with Crippen LogP contribution in [0.5, 0.6) is 11.5 Å². The highest BCUT2D eigenvalue weighted by Crippen LogP contribution is 2.75. The quantitative estimate of drug-likeness (QED) is 0.119. The van der Waals surface area contributed by atoms with Gasteiger partial charge < -0.3 is 39.2 Å². The zero-order valence-electron chi connectivity index (χ0n) is 28.8. The van der Waals surface area contributed by atoms with E-state index >= 15 is 0 Å². The third kappa shape index (κ3) is 5.09. The van der Waals surface area contributed by atoms with Gasteiger partial charge >= 0.3 is 13.9 Å². The van der Waals surface area contributed by atoms with Crippen molar-refractivity contribution in [1.82, 2.24) is 20.2 Å². The van der Waals surface area contributed by atoms with Crippen LogP contribution in [0.15, 0.2) is 24.5 Å². The molecule has 3 saturated carbocycles. The maximum absolute atomic E-state index is 14.4. The number of alkyl halides is 1. The molecule has 4 aromatic rings. The summed E-state index contributed by atoms with van der Waals surface area (Å²) in [4.78, 5) is 72.2. The highest BCUT2D eigenvalue weighted by molar-refractivity contribution is 7.46. The first kappa shape index (κ1) is 34.0. The van der Waals surface area contributed by atoms with Crippen LogP contribution in [0.1, 0.15) is 47.4 Å². The van der Waals surface area contributed by atoms with E-state index in [9.17, 15) is 28.7 Å². The van der Waals surface area contributed by atoms with Crippen LogP contribution < -0.4 is 24.4 Å². The number of rotatable bonds is 9. The number of nitrogens with zero attached hydrogens (tertiary/aromatic N) is 3. The third-order valence-electron chi connectivity index (χ3n) is 11.4. The molecule has 2 aromatic heterocycles. The molecule has 0 unspecified atom stereocenters. The maximum Gasteiger partial charge on any atom is 0.524 e. The number of ether oxygens (including phenoxy) is 1. The molecule has 51 heavy (non-hydrogen) atoms. The Morgan fingerprint density at radius 2 is 1.61 bits per heavy atom. The molecule has 3 amide bonds. The Hall–Kier alpha value is -4.07. The van der Waals surface area contributed by atoms with Gasteiger partial charge in [-0.15, -0.1) is 11.6 Å².